The van der Waals surface area contributed by atoms with Crippen molar-refractivity contribution < 1.29 is 14.3 Å². The molecular formula is C13H15NO3. The number of rotatable bonds is 4. The van der Waals surface area contributed by atoms with Gasteiger partial charge in [-0.15, -0.1) is 0 Å². The van der Waals surface area contributed by atoms with Crippen molar-refractivity contribution in [3.05, 3.63) is 29.8 Å². The quantitative estimate of drug-likeness (QED) is 0.733. The van der Waals surface area contributed by atoms with E-state index in [-0.39, 0.29) is 11.7 Å². The van der Waals surface area contributed by atoms with Crippen LogP contribution < -0.4 is 4.74 Å². The predicted molar refractivity (Wildman–Crippen MR) is 62.9 cm³/mol. The van der Waals surface area contributed by atoms with Gasteiger partial charge >= 0.3 is 0 Å². The van der Waals surface area contributed by atoms with Crippen molar-refractivity contribution in [1.29, 1.82) is 0 Å². The van der Waals surface area contributed by atoms with Crippen molar-refractivity contribution in [3.8, 4) is 5.75 Å². The first kappa shape index (κ1) is 11.6. The normalized spacial score (nSPS) is 15.5. The number of ketones is 1. The molecule has 0 spiro atoms. The molecule has 1 aliphatic heterocycles. The highest BCUT2D eigenvalue weighted by Crippen LogP contribution is 2.12. The molecule has 1 heterocycles. The zero-order valence-corrected chi connectivity index (χ0v) is 9.81. The number of likely N-dealkylation sites (tertiary alicyclic amines) is 1. The van der Waals surface area contributed by atoms with E-state index >= 15 is 0 Å². The second-order valence-electron chi connectivity index (χ2n) is 4.13. The Morgan fingerprint density at radius 1 is 1.35 bits per heavy atom. The Hall–Kier alpha value is -1.84. The van der Waals surface area contributed by atoms with E-state index in [1.807, 2.05) is 31.2 Å². The maximum Gasteiger partial charge on any atom is 0.290 e. The third-order valence-corrected chi connectivity index (χ3v) is 2.75. The molecule has 1 aromatic carbocycles. The van der Waals surface area contributed by atoms with Gasteiger partial charge in [0.25, 0.3) is 5.91 Å². The average molecular weight is 233 g/mol. The average Bonchev–Trinajstić information content (AvgIpc) is 2.61. The molecule has 90 valence electrons. The topological polar surface area (TPSA) is 46.6 Å². The first-order chi connectivity index (χ1) is 8.16. The Morgan fingerprint density at radius 3 is 2.82 bits per heavy atom. The molecule has 1 aliphatic rings. The fraction of sp³-hybridized carbons (Fsp3) is 0.385. The van der Waals surface area contributed by atoms with Gasteiger partial charge in [-0.1, -0.05) is 12.1 Å². The summed E-state index contributed by atoms with van der Waals surface area (Å²) in [5.41, 5.74) is 1.13. The van der Waals surface area contributed by atoms with Crippen molar-refractivity contribution in [3.63, 3.8) is 0 Å². The lowest BCUT2D eigenvalue weighted by molar-refractivity contribution is -0.140. The minimum absolute atomic E-state index is 0.291. The van der Waals surface area contributed by atoms with E-state index in [0.717, 1.165) is 11.3 Å². The van der Waals surface area contributed by atoms with Gasteiger partial charge in [-0.25, -0.2) is 0 Å². The number of Topliss-reactive ketones (excluding diaryl/α,β-unsaturated/α-hetero) is 1. The second-order valence-corrected chi connectivity index (χ2v) is 4.13. The number of hydrogen-bond donors (Lipinski definition) is 0. The van der Waals surface area contributed by atoms with Gasteiger partial charge in [0.2, 0.25) is 5.78 Å². The highest BCUT2D eigenvalue weighted by atomic mass is 16.5. The molecule has 1 saturated heterocycles. The van der Waals surface area contributed by atoms with Crippen LogP contribution in [0.15, 0.2) is 24.3 Å². The van der Waals surface area contributed by atoms with E-state index in [0.29, 0.717) is 26.1 Å². The monoisotopic (exact) mass is 233 g/mol. The highest BCUT2D eigenvalue weighted by molar-refractivity contribution is 6.37. The Bertz CT molecular complexity index is 442. The fourth-order valence-corrected chi connectivity index (χ4v) is 1.81. The zero-order chi connectivity index (χ0) is 12.3. The molecule has 0 saturated carbocycles. The molecule has 0 radical (unpaired) electrons. The van der Waals surface area contributed by atoms with Crippen LogP contribution in [0.5, 0.6) is 5.75 Å². The van der Waals surface area contributed by atoms with Crippen LogP contribution in [-0.2, 0) is 9.59 Å². The molecule has 1 fully saturated rings. The largest absolute Gasteiger partial charge is 0.492 e. The summed E-state index contributed by atoms with van der Waals surface area (Å²) >= 11 is 0. The van der Waals surface area contributed by atoms with E-state index < -0.39 is 0 Å². The van der Waals surface area contributed by atoms with Crippen LogP contribution in [0.2, 0.25) is 0 Å². The molecule has 4 heteroatoms. The van der Waals surface area contributed by atoms with Crippen molar-refractivity contribution in [1.82, 2.24) is 4.90 Å². The Kier molecular flexibility index (Phi) is 3.42. The van der Waals surface area contributed by atoms with Crippen molar-refractivity contribution in [2.24, 2.45) is 0 Å². The third-order valence-electron chi connectivity index (χ3n) is 2.75. The van der Waals surface area contributed by atoms with Gasteiger partial charge < -0.3 is 9.64 Å². The molecule has 0 bridgehead atoms. The fourth-order valence-electron chi connectivity index (χ4n) is 1.81. The number of carbonyl (C=O) groups is 2. The maximum atomic E-state index is 11.3. The third kappa shape index (κ3) is 2.84. The predicted octanol–water partition coefficient (Wildman–Crippen LogP) is 1.18. The molecule has 0 aromatic heterocycles. The molecule has 0 unspecified atom stereocenters. The minimum atomic E-state index is -0.377. The molecule has 0 N–H and O–H groups in total. The number of hydrogen-bond acceptors (Lipinski definition) is 3. The molecule has 17 heavy (non-hydrogen) atoms. The van der Waals surface area contributed by atoms with Gasteiger partial charge in [-0.3, -0.25) is 9.59 Å². The summed E-state index contributed by atoms with van der Waals surface area (Å²) in [7, 11) is 0. The maximum absolute atomic E-state index is 11.3. The van der Waals surface area contributed by atoms with Gasteiger partial charge in [-0.05, 0) is 24.6 Å². The highest BCUT2D eigenvalue weighted by Gasteiger charge is 2.28. The van der Waals surface area contributed by atoms with Gasteiger partial charge in [0.15, 0.2) is 0 Å². The summed E-state index contributed by atoms with van der Waals surface area (Å²) in [6.07, 6.45) is 0.337. The molecule has 2 rings (SSSR count). The number of aryl methyl sites for hydroxylation is 1. The smallest absolute Gasteiger partial charge is 0.290 e. The Labute approximate surface area is 100 Å². The van der Waals surface area contributed by atoms with E-state index in [2.05, 4.69) is 0 Å². The number of nitrogens with zero attached hydrogens (tertiary/aromatic N) is 1. The van der Waals surface area contributed by atoms with Gasteiger partial charge in [0.1, 0.15) is 12.4 Å². The number of ether oxygens (including phenoxy) is 1. The second kappa shape index (κ2) is 4.99. The van der Waals surface area contributed by atoms with Crippen LogP contribution in [0.1, 0.15) is 12.0 Å². The first-order valence-corrected chi connectivity index (χ1v) is 5.68. The van der Waals surface area contributed by atoms with Crippen LogP contribution in [0.3, 0.4) is 0 Å². The molecule has 1 amide bonds. The Balaban J connectivity index is 1.80. The van der Waals surface area contributed by atoms with Gasteiger partial charge in [0, 0.05) is 13.0 Å². The minimum Gasteiger partial charge on any atom is -0.492 e. The summed E-state index contributed by atoms with van der Waals surface area (Å²) in [5.74, 6) is 0.126. The summed E-state index contributed by atoms with van der Waals surface area (Å²) in [5, 5.41) is 0. The molecule has 4 nitrogen and oxygen atoms in total. The molecule has 1 aromatic rings. The summed E-state index contributed by atoms with van der Waals surface area (Å²) in [4.78, 5) is 23.9. The number of carbonyl (C=O) groups excluding carboxylic acids is 2. The van der Waals surface area contributed by atoms with Crippen LogP contribution >= 0.6 is 0 Å². The van der Waals surface area contributed by atoms with Crippen LogP contribution in [-0.4, -0.2) is 36.3 Å². The number of amides is 1. The Morgan fingerprint density at radius 2 is 2.18 bits per heavy atom. The van der Waals surface area contributed by atoms with E-state index in [4.69, 9.17) is 4.74 Å². The van der Waals surface area contributed by atoms with Gasteiger partial charge in [-0.2, -0.15) is 0 Å². The number of benzene rings is 1. The van der Waals surface area contributed by atoms with Crippen LogP contribution in [0.25, 0.3) is 0 Å². The lowest BCUT2D eigenvalue weighted by atomic mass is 10.2. The van der Waals surface area contributed by atoms with Crippen molar-refractivity contribution in [2.75, 3.05) is 19.7 Å². The van der Waals surface area contributed by atoms with E-state index in [9.17, 15) is 9.59 Å². The summed E-state index contributed by atoms with van der Waals surface area (Å²) in [6.45, 7) is 3.41. The lowest BCUT2D eigenvalue weighted by Crippen LogP contribution is -2.31. The SMILES string of the molecule is Cc1cccc(OCCN2CCC(=O)C2=O)c1. The zero-order valence-electron chi connectivity index (χ0n) is 9.81. The van der Waals surface area contributed by atoms with Crippen LogP contribution in [0.4, 0.5) is 0 Å². The van der Waals surface area contributed by atoms with Gasteiger partial charge in [0.05, 0.1) is 6.54 Å². The van der Waals surface area contributed by atoms with Crippen LogP contribution in [0, 0.1) is 6.92 Å². The molecule has 0 aliphatic carbocycles. The first-order valence-electron chi connectivity index (χ1n) is 5.68. The van der Waals surface area contributed by atoms with E-state index in [1.165, 1.54) is 4.90 Å². The van der Waals surface area contributed by atoms with Crippen molar-refractivity contribution >= 4 is 11.7 Å². The summed E-state index contributed by atoms with van der Waals surface area (Å²) < 4.78 is 5.53. The van der Waals surface area contributed by atoms with E-state index in [1.54, 1.807) is 0 Å². The van der Waals surface area contributed by atoms with Crippen molar-refractivity contribution in [2.45, 2.75) is 13.3 Å². The molecule has 0 atom stereocenters. The lowest BCUT2D eigenvalue weighted by Gasteiger charge is -2.14. The molecular weight excluding hydrogens is 218 g/mol. The standard InChI is InChI=1S/C13H15NO3/c1-10-3-2-4-11(9-10)17-8-7-14-6-5-12(15)13(14)16/h2-4,9H,5-8H2,1H3. The summed E-state index contributed by atoms with van der Waals surface area (Å²) in [6, 6.07) is 7.74.